The molecular weight excluding hydrogens is 475 g/mol. The number of nitrogens with zero attached hydrogens (tertiary/aromatic N) is 5. The van der Waals surface area contributed by atoms with Gasteiger partial charge in [-0.15, -0.1) is 34.2 Å². The lowest BCUT2D eigenvalue weighted by atomic mass is 9.66. The van der Waals surface area contributed by atoms with Crippen molar-refractivity contribution in [3.05, 3.63) is 47.0 Å². The van der Waals surface area contributed by atoms with Crippen LogP contribution in [0.1, 0.15) is 54.9 Å². The largest absolute Gasteiger partial charge is 0.349 e. The second-order valence-corrected chi connectivity index (χ2v) is 8.50. The molecule has 0 saturated carbocycles. The number of halogens is 1. The highest BCUT2D eigenvalue weighted by molar-refractivity contribution is 14.0. The molecule has 3 heterocycles. The second kappa shape index (κ2) is 8.62. The average Bonchev–Trinajstić information content (AvgIpc) is 3.34. The molecule has 5 rings (SSSR count). The fourth-order valence-corrected chi connectivity index (χ4v) is 5.58. The van der Waals surface area contributed by atoms with E-state index in [0.717, 1.165) is 43.7 Å². The smallest absolute Gasteiger partial charge is 0.194 e. The molecule has 7 heteroatoms. The van der Waals surface area contributed by atoms with E-state index in [-0.39, 0.29) is 29.4 Å². The van der Waals surface area contributed by atoms with Crippen LogP contribution in [-0.2, 0) is 31.3 Å². The summed E-state index contributed by atoms with van der Waals surface area (Å²) in [4.78, 5) is 7.08. The number of rotatable bonds is 2. The molecule has 0 bridgehead atoms. The van der Waals surface area contributed by atoms with Gasteiger partial charge in [-0.25, -0.2) is 0 Å². The van der Waals surface area contributed by atoms with Crippen molar-refractivity contribution in [3.8, 4) is 0 Å². The lowest BCUT2D eigenvalue weighted by Crippen LogP contribution is -2.53. The molecule has 1 aromatic heterocycles. The van der Waals surface area contributed by atoms with Crippen LogP contribution in [0.3, 0.4) is 0 Å². The Morgan fingerprint density at radius 2 is 1.97 bits per heavy atom. The van der Waals surface area contributed by atoms with Crippen molar-refractivity contribution in [2.75, 3.05) is 20.1 Å². The SMILES string of the molecule is CN=C(NCc1nnc2n1CCC2)N1CCCC2(CCCc3ccccc32)C1.I. The predicted molar refractivity (Wildman–Crippen MR) is 126 cm³/mol. The first-order chi connectivity index (χ1) is 13.8. The van der Waals surface area contributed by atoms with Crippen molar-refractivity contribution < 1.29 is 0 Å². The number of nitrogens with one attached hydrogen (secondary N) is 1. The number of fused-ring (bicyclic) bond motifs is 3. The normalized spacial score (nSPS) is 23.5. The van der Waals surface area contributed by atoms with E-state index in [2.05, 4.69) is 54.2 Å². The minimum Gasteiger partial charge on any atom is -0.349 e. The monoisotopic (exact) mass is 506 g/mol. The first-order valence-electron chi connectivity index (χ1n) is 10.7. The molecule has 6 nitrogen and oxygen atoms in total. The van der Waals surface area contributed by atoms with Gasteiger partial charge in [0.15, 0.2) is 11.8 Å². The van der Waals surface area contributed by atoms with Crippen LogP contribution in [0.15, 0.2) is 29.3 Å². The maximum atomic E-state index is 4.61. The number of benzene rings is 1. The van der Waals surface area contributed by atoms with E-state index in [1.54, 1.807) is 11.1 Å². The Morgan fingerprint density at radius 3 is 2.86 bits per heavy atom. The molecule has 1 aromatic carbocycles. The number of hydrogen-bond donors (Lipinski definition) is 1. The summed E-state index contributed by atoms with van der Waals surface area (Å²) in [5.74, 6) is 3.16. The summed E-state index contributed by atoms with van der Waals surface area (Å²) in [6.07, 6.45) is 8.54. The number of hydrogen-bond acceptors (Lipinski definition) is 3. The van der Waals surface area contributed by atoms with E-state index in [1.165, 1.54) is 38.5 Å². The van der Waals surface area contributed by atoms with Crippen LogP contribution < -0.4 is 5.32 Å². The van der Waals surface area contributed by atoms with Crippen molar-refractivity contribution in [2.24, 2.45) is 4.99 Å². The zero-order chi connectivity index (χ0) is 19.0. The van der Waals surface area contributed by atoms with Crippen LogP contribution in [0.5, 0.6) is 0 Å². The Hall–Kier alpha value is -1.64. The molecule has 29 heavy (non-hydrogen) atoms. The third-order valence-electron chi connectivity index (χ3n) is 6.87. The molecule has 1 aliphatic carbocycles. The zero-order valence-corrected chi connectivity index (χ0v) is 19.6. The number of likely N-dealkylation sites (tertiary alicyclic amines) is 1. The summed E-state index contributed by atoms with van der Waals surface area (Å²) in [7, 11) is 1.90. The number of piperidine rings is 1. The number of aliphatic imine (C=N–C) groups is 1. The maximum absolute atomic E-state index is 4.61. The molecule has 156 valence electrons. The van der Waals surface area contributed by atoms with Gasteiger partial charge in [-0.1, -0.05) is 24.3 Å². The Balaban J connectivity index is 0.00000205. The molecule has 1 unspecified atom stereocenters. The average molecular weight is 506 g/mol. The lowest BCUT2D eigenvalue weighted by Gasteiger charge is -2.47. The summed E-state index contributed by atoms with van der Waals surface area (Å²) in [5, 5.41) is 12.3. The van der Waals surface area contributed by atoms with E-state index >= 15 is 0 Å². The molecule has 2 aromatic rings. The Bertz CT molecular complexity index is 891. The molecule has 1 atom stereocenters. The van der Waals surface area contributed by atoms with Crippen molar-refractivity contribution in [2.45, 2.75) is 63.5 Å². The fourth-order valence-electron chi connectivity index (χ4n) is 5.58. The van der Waals surface area contributed by atoms with Gasteiger partial charge in [-0.2, -0.15) is 0 Å². The van der Waals surface area contributed by atoms with Gasteiger partial charge >= 0.3 is 0 Å². The van der Waals surface area contributed by atoms with Crippen LogP contribution in [0.2, 0.25) is 0 Å². The van der Waals surface area contributed by atoms with Crippen molar-refractivity contribution >= 4 is 29.9 Å². The summed E-state index contributed by atoms with van der Waals surface area (Å²) in [6.45, 7) is 3.87. The van der Waals surface area contributed by atoms with Gasteiger partial charge in [-0.3, -0.25) is 4.99 Å². The van der Waals surface area contributed by atoms with Gasteiger partial charge in [0.2, 0.25) is 0 Å². The summed E-state index contributed by atoms with van der Waals surface area (Å²) in [5.41, 5.74) is 3.41. The van der Waals surface area contributed by atoms with Gasteiger partial charge in [0.25, 0.3) is 0 Å². The lowest BCUT2D eigenvalue weighted by molar-refractivity contribution is 0.188. The molecule has 3 aliphatic rings. The van der Waals surface area contributed by atoms with E-state index in [1.807, 2.05) is 7.05 Å². The Kier molecular flexibility index (Phi) is 6.13. The van der Waals surface area contributed by atoms with E-state index in [9.17, 15) is 0 Å². The van der Waals surface area contributed by atoms with Crippen LogP contribution in [0.25, 0.3) is 0 Å². The zero-order valence-electron chi connectivity index (χ0n) is 17.2. The van der Waals surface area contributed by atoms with E-state index in [0.29, 0.717) is 6.54 Å². The highest BCUT2D eigenvalue weighted by Crippen LogP contribution is 2.43. The van der Waals surface area contributed by atoms with Crippen LogP contribution in [-0.4, -0.2) is 45.8 Å². The predicted octanol–water partition coefficient (Wildman–Crippen LogP) is 3.29. The third-order valence-corrected chi connectivity index (χ3v) is 6.87. The van der Waals surface area contributed by atoms with Crippen LogP contribution in [0.4, 0.5) is 0 Å². The summed E-state index contributed by atoms with van der Waals surface area (Å²) in [6, 6.07) is 9.10. The molecule has 1 saturated heterocycles. The molecular formula is C22H31IN6. The van der Waals surface area contributed by atoms with Crippen molar-refractivity contribution in [1.82, 2.24) is 25.0 Å². The molecule has 1 fully saturated rings. The second-order valence-electron chi connectivity index (χ2n) is 8.50. The maximum Gasteiger partial charge on any atom is 0.194 e. The first-order valence-corrected chi connectivity index (χ1v) is 10.7. The topological polar surface area (TPSA) is 58.3 Å². The highest BCUT2D eigenvalue weighted by Gasteiger charge is 2.40. The summed E-state index contributed by atoms with van der Waals surface area (Å²) < 4.78 is 2.26. The number of guanidine groups is 1. The van der Waals surface area contributed by atoms with Crippen LogP contribution in [0, 0.1) is 0 Å². The van der Waals surface area contributed by atoms with Crippen LogP contribution >= 0.6 is 24.0 Å². The first kappa shape index (κ1) is 20.6. The molecule has 2 aliphatic heterocycles. The standard InChI is InChI=1S/C22H30N6.HI/c1-23-21(24-15-20-26-25-19-10-5-14-28(19)20)27-13-6-12-22(16-27)11-4-8-17-7-2-3-9-18(17)22;/h2-3,7,9H,4-6,8,10-16H2,1H3,(H,23,24);1H. The minimum atomic E-state index is 0. The van der Waals surface area contributed by atoms with E-state index in [4.69, 9.17) is 0 Å². The van der Waals surface area contributed by atoms with Gasteiger partial charge in [0.05, 0.1) is 6.54 Å². The number of aromatic nitrogens is 3. The summed E-state index contributed by atoms with van der Waals surface area (Å²) >= 11 is 0. The molecule has 1 spiro atoms. The minimum absolute atomic E-state index is 0. The van der Waals surface area contributed by atoms with Gasteiger partial charge in [0.1, 0.15) is 5.82 Å². The molecule has 0 amide bonds. The van der Waals surface area contributed by atoms with Gasteiger partial charge in [-0.05, 0) is 49.7 Å². The highest BCUT2D eigenvalue weighted by atomic mass is 127. The van der Waals surface area contributed by atoms with Crippen molar-refractivity contribution in [3.63, 3.8) is 0 Å². The van der Waals surface area contributed by atoms with E-state index < -0.39 is 0 Å². The quantitative estimate of drug-likeness (QED) is 0.386. The van der Waals surface area contributed by atoms with Gasteiger partial charge in [0, 0.05) is 38.5 Å². The molecule has 0 radical (unpaired) electrons. The molecule has 1 N–H and O–H groups in total. The third kappa shape index (κ3) is 3.78. The number of aryl methyl sites for hydroxylation is 2. The Morgan fingerprint density at radius 1 is 1.10 bits per heavy atom. The Labute approximate surface area is 190 Å². The van der Waals surface area contributed by atoms with Crippen molar-refractivity contribution in [1.29, 1.82) is 0 Å². The fraction of sp³-hybridized carbons (Fsp3) is 0.591. The van der Waals surface area contributed by atoms with Gasteiger partial charge < -0.3 is 14.8 Å².